The molecule has 0 radical (unpaired) electrons. The number of nitrogens with zero attached hydrogens (tertiary/aromatic N) is 3. The van der Waals surface area contributed by atoms with E-state index in [2.05, 4.69) is 10.4 Å². The van der Waals surface area contributed by atoms with Gasteiger partial charge in [0.2, 0.25) is 0 Å². The van der Waals surface area contributed by atoms with Crippen molar-refractivity contribution in [2.45, 2.75) is 6.54 Å². The molecular formula is C11H11N3O2S. The molecule has 0 amide bonds. The quantitative estimate of drug-likeness (QED) is 0.617. The predicted molar refractivity (Wildman–Crippen MR) is 67.3 cm³/mol. The summed E-state index contributed by atoms with van der Waals surface area (Å²) in [5.74, 6) is 0.724. The van der Waals surface area contributed by atoms with Gasteiger partial charge in [-0.05, 0) is 28.5 Å². The number of thiophene rings is 1. The molecule has 0 fully saturated rings. The Morgan fingerprint density at radius 2 is 2.29 bits per heavy atom. The minimum Gasteiger partial charge on any atom is -0.355 e. The van der Waals surface area contributed by atoms with Crippen molar-refractivity contribution in [1.82, 2.24) is 4.98 Å². The van der Waals surface area contributed by atoms with E-state index >= 15 is 0 Å². The fraction of sp³-hybridized carbons (Fsp3) is 0.182. The summed E-state index contributed by atoms with van der Waals surface area (Å²) in [4.78, 5) is 16.1. The molecule has 0 bridgehead atoms. The number of hydrogen-bond donors (Lipinski definition) is 0. The molecule has 2 aromatic heterocycles. The maximum atomic E-state index is 10.5. The molecule has 0 aliphatic heterocycles. The molecule has 0 aromatic carbocycles. The highest BCUT2D eigenvalue weighted by molar-refractivity contribution is 7.07. The van der Waals surface area contributed by atoms with E-state index in [0.29, 0.717) is 0 Å². The summed E-state index contributed by atoms with van der Waals surface area (Å²) in [6.45, 7) is 0.744. The van der Waals surface area contributed by atoms with Crippen LogP contribution < -0.4 is 4.90 Å². The molecule has 17 heavy (non-hydrogen) atoms. The molecule has 0 N–H and O–H groups in total. The summed E-state index contributed by atoms with van der Waals surface area (Å²) in [6.07, 6.45) is 1.28. The van der Waals surface area contributed by atoms with Gasteiger partial charge in [-0.25, -0.2) is 4.98 Å². The summed E-state index contributed by atoms with van der Waals surface area (Å²) >= 11 is 1.65. The zero-order valence-electron chi connectivity index (χ0n) is 9.24. The largest absolute Gasteiger partial charge is 0.355 e. The van der Waals surface area contributed by atoms with Gasteiger partial charge in [0.1, 0.15) is 12.0 Å². The molecule has 0 aliphatic rings. The summed E-state index contributed by atoms with van der Waals surface area (Å²) < 4.78 is 0. The Kier molecular flexibility index (Phi) is 3.34. The molecule has 0 unspecified atom stereocenters. The van der Waals surface area contributed by atoms with E-state index in [0.717, 1.165) is 12.4 Å². The highest BCUT2D eigenvalue weighted by atomic mass is 32.1. The van der Waals surface area contributed by atoms with E-state index in [1.807, 2.05) is 23.4 Å². The van der Waals surface area contributed by atoms with Gasteiger partial charge in [-0.2, -0.15) is 11.3 Å². The van der Waals surface area contributed by atoms with Crippen LogP contribution in [0.5, 0.6) is 0 Å². The Morgan fingerprint density at radius 3 is 2.82 bits per heavy atom. The van der Waals surface area contributed by atoms with Crippen LogP contribution in [-0.2, 0) is 6.54 Å². The monoisotopic (exact) mass is 249 g/mol. The van der Waals surface area contributed by atoms with Crippen molar-refractivity contribution in [2.75, 3.05) is 11.9 Å². The van der Waals surface area contributed by atoms with Crippen LogP contribution in [0.3, 0.4) is 0 Å². The average molecular weight is 249 g/mol. The number of pyridine rings is 1. The van der Waals surface area contributed by atoms with Gasteiger partial charge in [0.05, 0.1) is 4.92 Å². The van der Waals surface area contributed by atoms with E-state index in [-0.39, 0.29) is 5.69 Å². The van der Waals surface area contributed by atoms with Gasteiger partial charge in [0, 0.05) is 19.7 Å². The number of rotatable bonds is 4. The molecule has 0 saturated carbocycles. The van der Waals surface area contributed by atoms with Crippen molar-refractivity contribution in [3.8, 4) is 0 Å². The second-order valence-electron chi connectivity index (χ2n) is 3.62. The molecule has 0 aliphatic carbocycles. The van der Waals surface area contributed by atoms with Crippen molar-refractivity contribution in [1.29, 1.82) is 0 Å². The first-order valence-electron chi connectivity index (χ1n) is 4.99. The second kappa shape index (κ2) is 4.92. The molecule has 6 heteroatoms. The van der Waals surface area contributed by atoms with Gasteiger partial charge in [-0.3, -0.25) is 10.1 Å². The van der Waals surface area contributed by atoms with Crippen LogP contribution in [0, 0.1) is 10.1 Å². The SMILES string of the molecule is CN(Cc1ccsc1)c1ccc([N+](=O)[O-])cn1. The first kappa shape index (κ1) is 11.5. The first-order valence-corrected chi connectivity index (χ1v) is 5.94. The van der Waals surface area contributed by atoms with Gasteiger partial charge in [-0.15, -0.1) is 0 Å². The van der Waals surface area contributed by atoms with Crippen LogP contribution in [0.2, 0.25) is 0 Å². The highest BCUT2D eigenvalue weighted by Gasteiger charge is 2.08. The lowest BCUT2D eigenvalue weighted by molar-refractivity contribution is -0.385. The van der Waals surface area contributed by atoms with Gasteiger partial charge in [-0.1, -0.05) is 0 Å². The van der Waals surface area contributed by atoms with Crippen molar-refractivity contribution in [3.63, 3.8) is 0 Å². The van der Waals surface area contributed by atoms with Crippen LogP contribution in [-0.4, -0.2) is 17.0 Å². The van der Waals surface area contributed by atoms with E-state index in [4.69, 9.17) is 0 Å². The summed E-state index contributed by atoms with van der Waals surface area (Å²) in [5.41, 5.74) is 1.22. The summed E-state index contributed by atoms with van der Waals surface area (Å²) in [6, 6.07) is 5.17. The Bertz CT molecular complexity index is 496. The maximum absolute atomic E-state index is 10.5. The molecule has 2 rings (SSSR count). The third kappa shape index (κ3) is 2.79. The van der Waals surface area contributed by atoms with E-state index in [9.17, 15) is 10.1 Å². The molecular weight excluding hydrogens is 238 g/mol. The van der Waals surface area contributed by atoms with Gasteiger partial charge in [0.15, 0.2) is 0 Å². The van der Waals surface area contributed by atoms with Crippen LogP contribution in [0.15, 0.2) is 35.2 Å². The maximum Gasteiger partial charge on any atom is 0.287 e. The fourth-order valence-corrected chi connectivity index (χ4v) is 2.11. The minimum absolute atomic E-state index is 0.0117. The fourth-order valence-electron chi connectivity index (χ4n) is 1.45. The van der Waals surface area contributed by atoms with Crippen LogP contribution in [0.1, 0.15) is 5.56 Å². The van der Waals surface area contributed by atoms with Crippen molar-refractivity contribution < 1.29 is 4.92 Å². The predicted octanol–water partition coefficient (Wildman–Crippen LogP) is 2.69. The van der Waals surface area contributed by atoms with E-state index in [1.54, 1.807) is 17.4 Å². The highest BCUT2D eigenvalue weighted by Crippen LogP contribution is 2.17. The summed E-state index contributed by atoms with van der Waals surface area (Å²) in [5, 5.41) is 14.6. The molecule has 0 saturated heterocycles. The zero-order chi connectivity index (χ0) is 12.3. The topological polar surface area (TPSA) is 59.3 Å². The Morgan fingerprint density at radius 1 is 1.47 bits per heavy atom. The lowest BCUT2D eigenvalue weighted by atomic mass is 10.3. The molecule has 5 nitrogen and oxygen atoms in total. The zero-order valence-corrected chi connectivity index (χ0v) is 10.1. The Balaban J connectivity index is 2.09. The van der Waals surface area contributed by atoms with E-state index in [1.165, 1.54) is 17.8 Å². The molecule has 0 atom stereocenters. The van der Waals surface area contributed by atoms with Crippen molar-refractivity contribution >= 4 is 22.8 Å². The van der Waals surface area contributed by atoms with Crippen LogP contribution in [0.4, 0.5) is 11.5 Å². The second-order valence-corrected chi connectivity index (χ2v) is 4.40. The van der Waals surface area contributed by atoms with E-state index < -0.39 is 4.92 Å². The Labute approximate surface area is 102 Å². The molecule has 2 aromatic rings. The first-order chi connectivity index (χ1) is 8.16. The average Bonchev–Trinajstić information content (AvgIpc) is 2.82. The third-order valence-electron chi connectivity index (χ3n) is 2.33. The lowest BCUT2D eigenvalue weighted by Crippen LogP contribution is -2.17. The number of nitro groups is 1. The van der Waals surface area contributed by atoms with Gasteiger partial charge in [0.25, 0.3) is 5.69 Å². The standard InChI is InChI=1S/C11H11N3O2S/c1-13(7-9-4-5-17-8-9)11-3-2-10(6-12-11)14(15)16/h2-6,8H,7H2,1H3. The minimum atomic E-state index is -0.449. The number of anilines is 1. The number of aromatic nitrogens is 1. The number of hydrogen-bond acceptors (Lipinski definition) is 5. The smallest absolute Gasteiger partial charge is 0.287 e. The third-order valence-corrected chi connectivity index (χ3v) is 3.07. The van der Waals surface area contributed by atoms with Gasteiger partial charge < -0.3 is 4.90 Å². The molecule has 0 spiro atoms. The summed E-state index contributed by atoms with van der Waals surface area (Å²) in [7, 11) is 1.91. The van der Waals surface area contributed by atoms with Crippen molar-refractivity contribution in [3.05, 3.63) is 50.8 Å². The normalized spacial score (nSPS) is 10.2. The van der Waals surface area contributed by atoms with Crippen LogP contribution in [0.25, 0.3) is 0 Å². The molecule has 88 valence electrons. The van der Waals surface area contributed by atoms with Crippen LogP contribution >= 0.6 is 11.3 Å². The molecule has 2 heterocycles. The Hall–Kier alpha value is -1.95. The van der Waals surface area contributed by atoms with Crippen molar-refractivity contribution in [2.24, 2.45) is 0 Å². The lowest BCUT2D eigenvalue weighted by Gasteiger charge is -2.16. The van der Waals surface area contributed by atoms with Gasteiger partial charge >= 0.3 is 0 Å².